The monoisotopic (exact) mass is 280 g/mol. The van der Waals surface area contributed by atoms with Gasteiger partial charge in [0.15, 0.2) is 12.1 Å². The molecule has 2 unspecified atom stereocenters. The van der Waals surface area contributed by atoms with Crippen molar-refractivity contribution in [2.24, 2.45) is 0 Å². The second-order valence-corrected chi connectivity index (χ2v) is 4.77. The number of methoxy groups -OCH3 is 1. The Hall–Kier alpha value is -1.46. The molecule has 5 heteroatoms. The molecule has 0 N–H and O–H groups in total. The first-order chi connectivity index (χ1) is 9.67. The second kappa shape index (κ2) is 6.81. The van der Waals surface area contributed by atoms with Crippen molar-refractivity contribution in [3.05, 3.63) is 23.3 Å². The van der Waals surface area contributed by atoms with Gasteiger partial charge in [0.2, 0.25) is 0 Å². The van der Waals surface area contributed by atoms with Crippen molar-refractivity contribution in [1.29, 1.82) is 0 Å². The molecule has 1 aliphatic carbocycles. The molecule has 0 aromatic carbocycles. The summed E-state index contributed by atoms with van der Waals surface area (Å²) in [5, 5.41) is 0. The molecule has 0 saturated heterocycles. The third-order valence-corrected chi connectivity index (χ3v) is 3.52. The number of carbonyl (C=O) groups is 2. The number of ketones is 1. The van der Waals surface area contributed by atoms with Crippen LogP contribution in [0.2, 0.25) is 0 Å². The fourth-order valence-electron chi connectivity index (χ4n) is 2.59. The molecule has 2 atom stereocenters. The van der Waals surface area contributed by atoms with Gasteiger partial charge in [-0.05, 0) is 37.8 Å². The number of rotatable bonds is 4. The molecule has 20 heavy (non-hydrogen) atoms. The molecular weight excluding hydrogens is 260 g/mol. The SMILES string of the molecule is CCOC1C=CCCC(C2=C(C(=O)OC)C(=O)CC2)O1. The van der Waals surface area contributed by atoms with E-state index in [0.29, 0.717) is 19.4 Å². The van der Waals surface area contributed by atoms with Crippen LogP contribution in [0.25, 0.3) is 0 Å². The summed E-state index contributed by atoms with van der Waals surface area (Å²) in [4.78, 5) is 23.6. The summed E-state index contributed by atoms with van der Waals surface area (Å²) in [6, 6.07) is 0. The average molecular weight is 280 g/mol. The minimum absolute atomic E-state index is 0.152. The lowest BCUT2D eigenvalue weighted by molar-refractivity contribution is -0.139. The highest BCUT2D eigenvalue weighted by atomic mass is 16.7. The molecule has 2 rings (SSSR count). The lowest BCUT2D eigenvalue weighted by Gasteiger charge is -2.22. The van der Waals surface area contributed by atoms with Crippen molar-refractivity contribution in [3.63, 3.8) is 0 Å². The lowest BCUT2D eigenvalue weighted by atomic mass is 10.0. The quantitative estimate of drug-likeness (QED) is 0.447. The van der Waals surface area contributed by atoms with Crippen LogP contribution in [0.5, 0.6) is 0 Å². The van der Waals surface area contributed by atoms with E-state index < -0.39 is 12.3 Å². The van der Waals surface area contributed by atoms with Gasteiger partial charge in [-0.2, -0.15) is 0 Å². The van der Waals surface area contributed by atoms with Crippen LogP contribution < -0.4 is 0 Å². The number of esters is 1. The zero-order chi connectivity index (χ0) is 14.5. The smallest absolute Gasteiger partial charge is 0.341 e. The minimum atomic E-state index is -0.559. The fourth-order valence-corrected chi connectivity index (χ4v) is 2.59. The van der Waals surface area contributed by atoms with E-state index in [0.717, 1.165) is 18.4 Å². The van der Waals surface area contributed by atoms with Gasteiger partial charge >= 0.3 is 5.97 Å². The molecule has 0 spiro atoms. The summed E-state index contributed by atoms with van der Waals surface area (Å²) in [6.45, 7) is 2.44. The Bertz CT molecular complexity index is 449. The number of Topliss-reactive ketones (excluding diaryl/α,β-unsaturated/α-hetero) is 1. The number of hydrogen-bond acceptors (Lipinski definition) is 5. The standard InChI is InChI=1S/C15H20O5/c1-3-19-13-7-5-4-6-12(20-13)10-8-9-11(16)14(10)15(17)18-2/h5,7,12-13H,3-4,6,8-9H2,1-2H3. The van der Waals surface area contributed by atoms with E-state index in [1.165, 1.54) is 7.11 Å². The first-order valence-electron chi connectivity index (χ1n) is 6.95. The predicted molar refractivity (Wildman–Crippen MR) is 71.9 cm³/mol. The first kappa shape index (κ1) is 14.9. The molecule has 0 aromatic heterocycles. The Labute approximate surface area is 118 Å². The van der Waals surface area contributed by atoms with E-state index in [2.05, 4.69) is 0 Å². The topological polar surface area (TPSA) is 61.8 Å². The predicted octanol–water partition coefficient (Wildman–Crippen LogP) is 1.92. The highest BCUT2D eigenvalue weighted by Gasteiger charge is 2.34. The maximum absolute atomic E-state index is 11.9. The molecule has 0 saturated carbocycles. The largest absolute Gasteiger partial charge is 0.465 e. The highest BCUT2D eigenvalue weighted by molar-refractivity contribution is 6.19. The average Bonchev–Trinajstić information content (AvgIpc) is 2.68. The van der Waals surface area contributed by atoms with Crippen molar-refractivity contribution >= 4 is 11.8 Å². The second-order valence-electron chi connectivity index (χ2n) is 4.77. The molecule has 0 radical (unpaired) electrons. The molecule has 1 heterocycles. The number of ether oxygens (including phenoxy) is 3. The van der Waals surface area contributed by atoms with Gasteiger partial charge < -0.3 is 14.2 Å². The summed E-state index contributed by atoms with van der Waals surface area (Å²) in [7, 11) is 1.29. The van der Waals surface area contributed by atoms with Gasteiger partial charge in [-0.1, -0.05) is 6.08 Å². The van der Waals surface area contributed by atoms with E-state index >= 15 is 0 Å². The van der Waals surface area contributed by atoms with E-state index in [1.807, 2.05) is 19.1 Å². The summed E-state index contributed by atoms with van der Waals surface area (Å²) in [5.74, 6) is -0.711. The Morgan fingerprint density at radius 3 is 2.95 bits per heavy atom. The Kier molecular flexibility index (Phi) is 5.09. The van der Waals surface area contributed by atoms with Crippen LogP contribution in [0, 0.1) is 0 Å². The Balaban J connectivity index is 2.22. The van der Waals surface area contributed by atoms with Crippen molar-refractivity contribution in [2.45, 2.75) is 45.0 Å². The Morgan fingerprint density at radius 2 is 2.25 bits per heavy atom. The van der Waals surface area contributed by atoms with Crippen molar-refractivity contribution < 1.29 is 23.8 Å². The summed E-state index contributed by atoms with van der Waals surface area (Å²) < 4.78 is 16.1. The van der Waals surface area contributed by atoms with Crippen molar-refractivity contribution in [3.8, 4) is 0 Å². The van der Waals surface area contributed by atoms with E-state index in [9.17, 15) is 9.59 Å². The molecule has 110 valence electrons. The van der Waals surface area contributed by atoms with Gasteiger partial charge in [-0.3, -0.25) is 4.79 Å². The first-order valence-corrected chi connectivity index (χ1v) is 6.95. The lowest BCUT2D eigenvalue weighted by Crippen LogP contribution is -2.25. The van der Waals surface area contributed by atoms with Gasteiger partial charge in [0.05, 0.1) is 13.2 Å². The molecule has 0 aromatic rings. The maximum atomic E-state index is 11.9. The van der Waals surface area contributed by atoms with Crippen LogP contribution in [0.3, 0.4) is 0 Å². The van der Waals surface area contributed by atoms with Crippen LogP contribution in [-0.4, -0.2) is 37.9 Å². The van der Waals surface area contributed by atoms with Gasteiger partial charge in [0.25, 0.3) is 0 Å². The van der Waals surface area contributed by atoms with Crippen molar-refractivity contribution in [2.75, 3.05) is 13.7 Å². The third kappa shape index (κ3) is 3.16. The molecule has 1 aliphatic heterocycles. The van der Waals surface area contributed by atoms with E-state index in [1.54, 1.807) is 0 Å². The van der Waals surface area contributed by atoms with Gasteiger partial charge in [0, 0.05) is 13.0 Å². The fraction of sp³-hybridized carbons (Fsp3) is 0.600. The van der Waals surface area contributed by atoms with E-state index in [-0.39, 0.29) is 17.5 Å². The van der Waals surface area contributed by atoms with Crippen molar-refractivity contribution in [1.82, 2.24) is 0 Å². The van der Waals surface area contributed by atoms with Gasteiger partial charge in [0.1, 0.15) is 5.57 Å². The zero-order valence-corrected chi connectivity index (χ0v) is 11.9. The third-order valence-electron chi connectivity index (χ3n) is 3.52. The molecular formula is C15H20O5. The molecule has 2 aliphatic rings. The maximum Gasteiger partial charge on any atom is 0.341 e. The normalized spacial score (nSPS) is 26.8. The van der Waals surface area contributed by atoms with Crippen LogP contribution in [0.4, 0.5) is 0 Å². The zero-order valence-electron chi connectivity index (χ0n) is 11.9. The minimum Gasteiger partial charge on any atom is -0.465 e. The number of hydrogen-bond donors (Lipinski definition) is 0. The molecule has 0 fully saturated rings. The summed E-state index contributed by atoms with van der Waals surface area (Å²) in [5.41, 5.74) is 0.935. The van der Waals surface area contributed by atoms with Gasteiger partial charge in [-0.15, -0.1) is 0 Å². The number of carbonyl (C=O) groups excluding carboxylic acids is 2. The molecule has 0 bridgehead atoms. The number of allylic oxidation sites excluding steroid dienone is 1. The van der Waals surface area contributed by atoms with Gasteiger partial charge in [-0.25, -0.2) is 4.79 Å². The molecule has 5 nitrogen and oxygen atoms in total. The van der Waals surface area contributed by atoms with Crippen LogP contribution >= 0.6 is 0 Å². The van der Waals surface area contributed by atoms with Crippen LogP contribution in [0.1, 0.15) is 32.6 Å². The van der Waals surface area contributed by atoms with Crippen LogP contribution in [-0.2, 0) is 23.8 Å². The Morgan fingerprint density at radius 1 is 1.45 bits per heavy atom. The summed E-state index contributed by atoms with van der Waals surface area (Å²) >= 11 is 0. The van der Waals surface area contributed by atoms with Crippen LogP contribution in [0.15, 0.2) is 23.3 Å². The van der Waals surface area contributed by atoms with E-state index in [4.69, 9.17) is 14.2 Å². The molecule has 0 amide bonds. The summed E-state index contributed by atoms with van der Waals surface area (Å²) in [6.07, 6.45) is 5.69. The highest BCUT2D eigenvalue weighted by Crippen LogP contribution is 2.32.